The number of carbonyl (C=O) groups is 6. The van der Waals surface area contributed by atoms with Gasteiger partial charge in [-0.2, -0.15) is 16.8 Å². The van der Waals surface area contributed by atoms with E-state index in [2.05, 4.69) is 9.68 Å². The zero-order valence-electron chi connectivity index (χ0n) is 20.9. The van der Waals surface area contributed by atoms with Crippen LogP contribution >= 0.6 is 0 Å². The van der Waals surface area contributed by atoms with E-state index in [1.54, 1.807) is 0 Å². The minimum absolute atomic E-state index is 0.291. The van der Waals surface area contributed by atoms with E-state index in [1.807, 2.05) is 0 Å². The summed E-state index contributed by atoms with van der Waals surface area (Å²) in [6.07, 6.45) is -9.86. The van der Waals surface area contributed by atoms with Crippen molar-refractivity contribution < 1.29 is 69.9 Å². The molecule has 4 amide bonds. The van der Waals surface area contributed by atoms with Gasteiger partial charge in [0.25, 0.3) is 43.9 Å². The molecule has 0 spiro atoms. The molecule has 0 bridgehead atoms. The molecule has 2 atom stereocenters. The summed E-state index contributed by atoms with van der Waals surface area (Å²) >= 11 is 0. The van der Waals surface area contributed by atoms with Crippen molar-refractivity contribution in [3.63, 3.8) is 0 Å². The van der Waals surface area contributed by atoms with Crippen molar-refractivity contribution in [1.82, 2.24) is 10.1 Å². The molecule has 2 aliphatic heterocycles. The molecule has 34 heavy (non-hydrogen) atoms. The van der Waals surface area contributed by atoms with Gasteiger partial charge in [0.1, 0.15) is 0 Å². The molecule has 2 aliphatic rings. The number of rotatable bonds is 11. The highest BCUT2D eigenvalue weighted by molar-refractivity contribution is 7.87. The highest BCUT2D eigenvalue weighted by Gasteiger charge is 2.49. The van der Waals surface area contributed by atoms with Crippen molar-refractivity contribution >= 4 is 55.8 Å². The fraction of sp³-hybridized carbons (Fsp3) is 0.625. The standard InChI is InChI=1S/C16H20N2O14S2/c19-11-7-9(33(25,26)27)15(23)17(11)31-13(21)5-3-1-2-4-6-14(22)32-18-12(20)8-10(16(18)24)34(28,29)30/h9-10H,1-8H2,(H,25,26,27)(H,28,29,30)/i5D2,6D2. The molecule has 0 aromatic heterocycles. The van der Waals surface area contributed by atoms with Crippen molar-refractivity contribution in [1.29, 1.82) is 0 Å². The van der Waals surface area contributed by atoms with E-state index < -0.39 is 105 Å². The Morgan fingerprint density at radius 1 is 0.765 bits per heavy atom. The molecular formula is C16H20N2O14S2. The van der Waals surface area contributed by atoms with Gasteiger partial charge >= 0.3 is 11.9 Å². The predicted molar refractivity (Wildman–Crippen MR) is 103 cm³/mol. The van der Waals surface area contributed by atoms with Crippen molar-refractivity contribution in [3.05, 3.63) is 0 Å². The van der Waals surface area contributed by atoms with Crippen molar-refractivity contribution in [2.45, 2.75) is 61.8 Å². The third-order valence-corrected chi connectivity index (χ3v) is 6.51. The predicted octanol–water partition coefficient (Wildman–Crippen LogP) is -1.73. The third-order valence-electron chi connectivity index (χ3n) is 4.33. The van der Waals surface area contributed by atoms with E-state index >= 15 is 0 Å². The topological polar surface area (TPSA) is 236 Å². The van der Waals surface area contributed by atoms with Crippen molar-refractivity contribution in [2.75, 3.05) is 0 Å². The highest BCUT2D eigenvalue weighted by atomic mass is 32.2. The van der Waals surface area contributed by atoms with Gasteiger partial charge in [-0.05, 0) is 12.8 Å². The Hall–Kier alpha value is -2.96. The SMILES string of the molecule is [2H]C([2H])(CCCCC([2H])([2H])C(=O)ON1C(=O)CC(S(=O)(=O)O)C1=O)C(=O)ON1C(=O)CC(S(=O)(=O)O)C1=O. The van der Waals surface area contributed by atoms with Crippen molar-refractivity contribution in [2.24, 2.45) is 0 Å². The summed E-state index contributed by atoms with van der Waals surface area (Å²) in [5.74, 6) is -9.43. The maximum atomic E-state index is 12.1. The summed E-state index contributed by atoms with van der Waals surface area (Å²) in [5, 5.41) is -5.02. The van der Waals surface area contributed by atoms with Crippen LogP contribution in [0.3, 0.4) is 0 Å². The van der Waals surface area contributed by atoms with Crippen molar-refractivity contribution in [3.8, 4) is 0 Å². The molecule has 16 nitrogen and oxygen atoms in total. The molecular weight excluding hydrogens is 508 g/mol. The zero-order valence-corrected chi connectivity index (χ0v) is 18.5. The van der Waals surface area contributed by atoms with Gasteiger partial charge in [-0.3, -0.25) is 28.3 Å². The Labute approximate surface area is 198 Å². The zero-order chi connectivity index (χ0) is 29.4. The molecule has 2 unspecified atom stereocenters. The first-order valence-electron chi connectivity index (χ1n) is 11.2. The van der Waals surface area contributed by atoms with Crippen LogP contribution in [-0.2, 0) is 58.7 Å². The van der Waals surface area contributed by atoms with Crippen LogP contribution in [0, 0.1) is 0 Å². The first kappa shape index (κ1) is 21.6. The fourth-order valence-corrected chi connectivity index (χ4v) is 4.09. The molecule has 2 N–H and O–H groups in total. The van der Waals surface area contributed by atoms with Gasteiger partial charge in [0, 0.05) is 18.2 Å². The van der Waals surface area contributed by atoms with Crippen LogP contribution < -0.4 is 0 Å². The maximum absolute atomic E-state index is 12.1. The summed E-state index contributed by atoms with van der Waals surface area (Å²) < 4.78 is 93.2. The second-order valence-corrected chi connectivity index (χ2v) is 9.98. The van der Waals surface area contributed by atoms with Gasteiger partial charge < -0.3 is 9.68 Å². The summed E-state index contributed by atoms with van der Waals surface area (Å²) in [4.78, 5) is 80.1. The number of hydrogen-bond acceptors (Lipinski definition) is 12. The van der Waals surface area contributed by atoms with E-state index in [1.165, 1.54) is 0 Å². The summed E-state index contributed by atoms with van der Waals surface area (Å²) in [7, 11) is -10.00. The second-order valence-electron chi connectivity index (χ2n) is 6.79. The molecule has 2 heterocycles. The van der Waals surface area contributed by atoms with Crippen LogP contribution in [0.2, 0.25) is 0 Å². The van der Waals surface area contributed by atoms with E-state index in [4.69, 9.17) is 14.6 Å². The van der Waals surface area contributed by atoms with Crippen LogP contribution in [0.4, 0.5) is 0 Å². The lowest BCUT2D eigenvalue weighted by Crippen LogP contribution is -2.36. The van der Waals surface area contributed by atoms with Gasteiger partial charge in [0.15, 0.2) is 10.5 Å². The van der Waals surface area contributed by atoms with Gasteiger partial charge in [-0.25, -0.2) is 9.59 Å². The molecule has 0 aliphatic carbocycles. The van der Waals surface area contributed by atoms with Gasteiger partial charge in [0.05, 0.1) is 12.8 Å². The largest absolute Gasteiger partial charge is 0.333 e. The molecule has 0 radical (unpaired) electrons. The number of hydrogen-bond donors (Lipinski definition) is 2. The molecule has 190 valence electrons. The number of carbonyl (C=O) groups excluding carboxylic acids is 6. The molecule has 2 rings (SSSR count). The molecule has 0 aromatic rings. The molecule has 2 fully saturated rings. The molecule has 18 heteroatoms. The molecule has 0 aromatic carbocycles. The first-order valence-corrected chi connectivity index (χ1v) is 12.2. The maximum Gasteiger partial charge on any atom is 0.333 e. The lowest BCUT2D eigenvalue weighted by atomic mass is 10.1. The van der Waals surface area contributed by atoms with Crippen LogP contribution in [0.15, 0.2) is 0 Å². The van der Waals surface area contributed by atoms with Crippen LogP contribution in [-0.4, -0.2) is 82.1 Å². The normalized spacial score (nSPS) is 23.9. The van der Waals surface area contributed by atoms with Crippen LogP contribution in [0.25, 0.3) is 0 Å². The van der Waals surface area contributed by atoms with Gasteiger partial charge in [0.2, 0.25) is 0 Å². The number of amides is 4. The quantitative estimate of drug-likeness (QED) is 0.171. The Bertz CT molecular complexity index is 1180. The average molecular weight is 532 g/mol. The summed E-state index contributed by atoms with van der Waals surface area (Å²) in [6, 6.07) is 0. The number of nitrogens with zero attached hydrogens (tertiary/aromatic N) is 2. The van der Waals surface area contributed by atoms with E-state index in [0.29, 0.717) is 0 Å². The Morgan fingerprint density at radius 3 is 1.35 bits per heavy atom. The summed E-state index contributed by atoms with van der Waals surface area (Å²) in [5.41, 5.74) is 0. The molecule has 0 saturated carbocycles. The van der Waals surface area contributed by atoms with E-state index in [0.717, 1.165) is 0 Å². The van der Waals surface area contributed by atoms with Crippen LogP contribution in [0.5, 0.6) is 0 Å². The minimum Gasteiger partial charge on any atom is -0.330 e. The summed E-state index contributed by atoms with van der Waals surface area (Å²) in [6.45, 7) is 0. The number of hydroxylamine groups is 4. The highest BCUT2D eigenvalue weighted by Crippen LogP contribution is 2.21. The molecule has 2 saturated heterocycles. The lowest BCUT2D eigenvalue weighted by Gasteiger charge is -2.13. The average Bonchev–Trinajstić information content (AvgIpc) is 3.21. The Kier molecular flexibility index (Phi) is 6.68. The minimum atomic E-state index is -5.00. The Morgan fingerprint density at radius 2 is 1.09 bits per heavy atom. The number of unbranched alkanes of at least 4 members (excludes halogenated alkanes) is 1. The second kappa shape index (κ2) is 10.5. The third kappa shape index (κ3) is 6.78. The van der Waals surface area contributed by atoms with E-state index in [9.17, 15) is 45.6 Å². The van der Waals surface area contributed by atoms with Gasteiger partial charge in [-0.1, -0.05) is 12.8 Å². The fourth-order valence-electron chi connectivity index (χ4n) is 2.68. The smallest absolute Gasteiger partial charge is 0.330 e. The van der Waals surface area contributed by atoms with Crippen LogP contribution in [0.1, 0.15) is 56.8 Å². The van der Waals surface area contributed by atoms with E-state index in [-0.39, 0.29) is 23.0 Å². The first-order chi connectivity index (χ1) is 17.1. The lowest BCUT2D eigenvalue weighted by molar-refractivity contribution is -0.197. The Balaban J connectivity index is 1.89. The monoisotopic (exact) mass is 532 g/mol. The van der Waals surface area contributed by atoms with Gasteiger partial charge in [-0.15, -0.1) is 10.1 Å². The number of imide groups is 2.